The fourth-order valence-corrected chi connectivity index (χ4v) is 3.45. The number of rotatable bonds is 3. The summed E-state index contributed by atoms with van der Waals surface area (Å²) in [6, 6.07) is 5.75. The quantitative estimate of drug-likeness (QED) is 0.798. The van der Waals surface area contributed by atoms with Gasteiger partial charge in [0.25, 0.3) is 5.91 Å². The summed E-state index contributed by atoms with van der Waals surface area (Å²) in [6.07, 6.45) is 4.72. The Bertz CT molecular complexity index is 443. The molecule has 0 bridgehead atoms. The average Bonchev–Trinajstić information content (AvgIpc) is 2.83. The second-order valence-electron chi connectivity index (χ2n) is 4.65. The van der Waals surface area contributed by atoms with E-state index in [-0.39, 0.29) is 5.91 Å². The third-order valence-electron chi connectivity index (χ3n) is 3.53. The zero-order chi connectivity index (χ0) is 13.1. The highest BCUT2D eigenvalue weighted by Crippen LogP contribution is 2.27. The molecule has 1 fully saturated rings. The molecule has 4 heteroatoms. The van der Waals surface area contributed by atoms with Gasteiger partial charge in [0.1, 0.15) is 0 Å². The summed E-state index contributed by atoms with van der Waals surface area (Å²) in [5, 5.41) is 0.641. The van der Waals surface area contributed by atoms with Crippen LogP contribution in [0.2, 0.25) is 5.02 Å². The van der Waals surface area contributed by atoms with Gasteiger partial charge in [-0.3, -0.25) is 4.79 Å². The Kier molecular flexibility index (Phi) is 4.68. The predicted octanol–water partition coefficient (Wildman–Crippen LogP) is 4.51. The van der Waals surface area contributed by atoms with Crippen LogP contribution in [-0.2, 0) is 0 Å². The van der Waals surface area contributed by atoms with Crippen molar-refractivity contribution in [3.63, 3.8) is 0 Å². The summed E-state index contributed by atoms with van der Waals surface area (Å²) in [4.78, 5) is 14.5. The molecule has 0 spiro atoms. The molecule has 0 saturated heterocycles. The van der Waals surface area contributed by atoms with Gasteiger partial charge >= 0.3 is 0 Å². The van der Waals surface area contributed by atoms with E-state index in [9.17, 15) is 4.79 Å². The van der Waals surface area contributed by atoms with E-state index < -0.39 is 0 Å². The number of benzene rings is 1. The fourth-order valence-electron chi connectivity index (χ4n) is 2.60. The van der Waals surface area contributed by atoms with Crippen LogP contribution >= 0.6 is 27.5 Å². The van der Waals surface area contributed by atoms with Gasteiger partial charge in [-0.2, -0.15) is 0 Å². The molecule has 98 valence electrons. The van der Waals surface area contributed by atoms with Gasteiger partial charge in [-0.1, -0.05) is 24.4 Å². The lowest BCUT2D eigenvalue weighted by Gasteiger charge is -2.28. The minimum atomic E-state index is 0.105. The highest BCUT2D eigenvalue weighted by atomic mass is 79.9. The van der Waals surface area contributed by atoms with Gasteiger partial charge in [0, 0.05) is 22.1 Å². The molecule has 18 heavy (non-hydrogen) atoms. The van der Waals surface area contributed by atoms with E-state index in [0.29, 0.717) is 16.6 Å². The van der Waals surface area contributed by atoms with Crippen LogP contribution in [0.5, 0.6) is 0 Å². The summed E-state index contributed by atoms with van der Waals surface area (Å²) in [5.74, 6) is 0.105. The Morgan fingerprint density at radius 3 is 2.67 bits per heavy atom. The van der Waals surface area contributed by atoms with E-state index >= 15 is 0 Å². The Morgan fingerprint density at radius 1 is 1.44 bits per heavy atom. The second-order valence-corrected chi connectivity index (χ2v) is 5.94. The molecule has 0 unspecified atom stereocenters. The van der Waals surface area contributed by atoms with Crippen molar-refractivity contribution in [1.29, 1.82) is 0 Å². The van der Waals surface area contributed by atoms with Gasteiger partial charge in [-0.15, -0.1) is 0 Å². The summed E-state index contributed by atoms with van der Waals surface area (Å²) in [5.41, 5.74) is 0.702. The first kappa shape index (κ1) is 13.9. The Morgan fingerprint density at radius 2 is 2.11 bits per heavy atom. The van der Waals surface area contributed by atoms with Crippen LogP contribution in [0.1, 0.15) is 43.0 Å². The van der Waals surface area contributed by atoms with Crippen molar-refractivity contribution < 1.29 is 4.79 Å². The Hall–Kier alpha value is -0.540. The molecule has 2 rings (SSSR count). The number of nitrogens with zero attached hydrogens (tertiary/aromatic N) is 1. The normalized spacial score (nSPS) is 15.9. The van der Waals surface area contributed by atoms with E-state index in [1.165, 1.54) is 12.8 Å². The maximum Gasteiger partial charge on any atom is 0.255 e. The lowest BCUT2D eigenvalue weighted by atomic mass is 10.1. The molecule has 1 amide bonds. The number of amides is 1. The van der Waals surface area contributed by atoms with Gasteiger partial charge in [0.2, 0.25) is 0 Å². The Balaban J connectivity index is 2.22. The molecule has 1 aliphatic carbocycles. The van der Waals surface area contributed by atoms with Gasteiger partial charge in [0.15, 0.2) is 0 Å². The molecule has 2 nitrogen and oxygen atoms in total. The summed E-state index contributed by atoms with van der Waals surface area (Å²) < 4.78 is 0.774. The van der Waals surface area contributed by atoms with Crippen LogP contribution in [0.4, 0.5) is 0 Å². The summed E-state index contributed by atoms with van der Waals surface area (Å²) in [7, 11) is 0. The molecule has 1 aromatic carbocycles. The predicted molar refractivity (Wildman–Crippen MR) is 78.1 cm³/mol. The lowest BCUT2D eigenvalue weighted by Crippen LogP contribution is -2.38. The average molecular weight is 331 g/mol. The first-order valence-electron chi connectivity index (χ1n) is 6.39. The number of halogens is 2. The number of carbonyl (C=O) groups is 1. The van der Waals surface area contributed by atoms with Gasteiger partial charge in [0.05, 0.1) is 5.56 Å². The van der Waals surface area contributed by atoms with Crippen LogP contribution in [0.15, 0.2) is 22.7 Å². The number of hydrogen-bond donors (Lipinski definition) is 0. The fraction of sp³-hybridized carbons (Fsp3) is 0.500. The van der Waals surface area contributed by atoms with Crippen molar-refractivity contribution in [3.8, 4) is 0 Å². The van der Waals surface area contributed by atoms with Gasteiger partial charge in [-0.05, 0) is 53.9 Å². The van der Waals surface area contributed by atoms with Crippen LogP contribution < -0.4 is 0 Å². The monoisotopic (exact) mass is 329 g/mol. The van der Waals surface area contributed by atoms with E-state index in [1.54, 1.807) is 18.2 Å². The number of hydrogen-bond acceptors (Lipinski definition) is 1. The highest BCUT2D eigenvalue weighted by molar-refractivity contribution is 9.10. The standard InChI is InChI=1S/C14H17BrClNO/c1-2-17(11-5-3-4-6-11)14(18)12-8-7-10(16)9-13(12)15/h7-9,11H,2-6H2,1H3. The first-order chi connectivity index (χ1) is 8.63. The molecule has 0 N–H and O–H groups in total. The summed E-state index contributed by atoms with van der Waals surface area (Å²) in [6.45, 7) is 2.80. The van der Waals surface area contributed by atoms with Crippen molar-refractivity contribution in [2.75, 3.05) is 6.54 Å². The largest absolute Gasteiger partial charge is 0.336 e. The first-order valence-corrected chi connectivity index (χ1v) is 7.56. The van der Waals surface area contributed by atoms with E-state index in [0.717, 1.165) is 23.9 Å². The minimum Gasteiger partial charge on any atom is -0.336 e. The maximum absolute atomic E-state index is 12.5. The second kappa shape index (κ2) is 6.07. The summed E-state index contributed by atoms with van der Waals surface area (Å²) >= 11 is 9.33. The molecule has 0 radical (unpaired) electrons. The molecule has 0 atom stereocenters. The van der Waals surface area contributed by atoms with Crippen LogP contribution in [0.25, 0.3) is 0 Å². The third-order valence-corrected chi connectivity index (χ3v) is 4.42. The van der Waals surface area contributed by atoms with Gasteiger partial charge in [-0.25, -0.2) is 0 Å². The SMILES string of the molecule is CCN(C(=O)c1ccc(Cl)cc1Br)C1CCCC1. The van der Waals surface area contributed by atoms with Crippen molar-refractivity contribution >= 4 is 33.4 Å². The highest BCUT2D eigenvalue weighted by Gasteiger charge is 2.27. The maximum atomic E-state index is 12.5. The zero-order valence-corrected chi connectivity index (χ0v) is 12.8. The van der Waals surface area contributed by atoms with Crippen molar-refractivity contribution in [3.05, 3.63) is 33.3 Å². The smallest absolute Gasteiger partial charge is 0.255 e. The minimum absolute atomic E-state index is 0.105. The number of carbonyl (C=O) groups excluding carboxylic acids is 1. The zero-order valence-electron chi connectivity index (χ0n) is 10.5. The molecule has 1 aromatic rings. The topological polar surface area (TPSA) is 20.3 Å². The molecule has 1 saturated carbocycles. The molecular formula is C14H17BrClNO. The third kappa shape index (κ3) is 2.89. The molecule has 0 heterocycles. The van der Waals surface area contributed by atoms with E-state index in [2.05, 4.69) is 15.9 Å². The molecule has 1 aliphatic rings. The van der Waals surface area contributed by atoms with Crippen molar-refractivity contribution in [1.82, 2.24) is 4.90 Å². The molecule has 0 aromatic heterocycles. The van der Waals surface area contributed by atoms with E-state index in [1.807, 2.05) is 11.8 Å². The van der Waals surface area contributed by atoms with Crippen molar-refractivity contribution in [2.24, 2.45) is 0 Å². The van der Waals surface area contributed by atoms with E-state index in [4.69, 9.17) is 11.6 Å². The molecular weight excluding hydrogens is 314 g/mol. The van der Waals surface area contributed by atoms with Crippen LogP contribution in [0.3, 0.4) is 0 Å². The van der Waals surface area contributed by atoms with Crippen LogP contribution in [0, 0.1) is 0 Å². The van der Waals surface area contributed by atoms with Crippen molar-refractivity contribution in [2.45, 2.75) is 38.6 Å². The van der Waals surface area contributed by atoms with Gasteiger partial charge < -0.3 is 4.90 Å². The molecule has 0 aliphatic heterocycles. The van der Waals surface area contributed by atoms with Crippen LogP contribution in [-0.4, -0.2) is 23.4 Å². The Labute approximate surface area is 121 Å². The lowest BCUT2D eigenvalue weighted by molar-refractivity contribution is 0.0692.